The lowest BCUT2D eigenvalue weighted by Crippen LogP contribution is -1.94. The van der Waals surface area contributed by atoms with Gasteiger partial charge in [0.25, 0.3) is 0 Å². The molecule has 0 spiro atoms. The van der Waals surface area contributed by atoms with E-state index in [-0.39, 0.29) is 0 Å². The Balaban J connectivity index is 0.000000134. The second-order valence-corrected chi connectivity index (χ2v) is 27.9. The summed E-state index contributed by atoms with van der Waals surface area (Å²) in [6, 6.07) is 136. The Bertz CT molecular complexity index is 7510. The van der Waals surface area contributed by atoms with Crippen molar-refractivity contribution < 1.29 is 8.83 Å². The summed E-state index contributed by atoms with van der Waals surface area (Å²) in [5.41, 5.74) is 27.3. The smallest absolute Gasteiger partial charge is 0.137 e. The first-order valence-electron chi connectivity index (χ1n) is 36.3. The molecule has 6 heterocycles. The number of furan rings is 2. The minimum absolute atomic E-state index is 0.889. The maximum Gasteiger partial charge on any atom is 0.137 e. The third kappa shape index (κ3) is 9.45. The van der Waals surface area contributed by atoms with E-state index in [4.69, 9.17) is 8.83 Å². The molecule has 0 bridgehead atoms. The fourth-order valence-electron chi connectivity index (χ4n) is 17.0. The number of rotatable bonds is 8. The summed E-state index contributed by atoms with van der Waals surface area (Å²) in [6.07, 6.45) is 0. The van der Waals surface area contributed by atoms with E-state index in [1.54, 1.807) is 0 Å². The van der Waals surface area contributed by atoms with Gasteiger partial charge in [-0.05, 0) is 207 Å². The minimum Gasteiger partial charge on any atom is -0.456 e. The van der Waals surface area contributed by atoms with Gasteiger partial charge in [-0.2, -0.15) is 0 Å². The summed E-state index contributed by atoms with van der Waals surface area (Å²) in [4.78, 5) is 0. The van der Waals surface area contributed by atoms with E-state index in [2.05, 4.69) is 370 Å². The van der Waals surface area contributed by atoms with Gasteiger partial charge >= 0.3 is 0 Å². The Hall–Kier alpha value is -14.2. The van der Waals surface area contributed by atoms with Crippen molar-refractivity contribution in [3.8, 4) is 67.3 Å². The van der Waals surface area contributed by atoms with Crippen LogP contribution in [0.3, 0.4) is 0 Å². The summed E-state index contributed by atoms with van der Waals surface area (Å²) in [5, 5.41) is 16.9. The summed E-state index contributed by atoms with van der Waals surface area (Å²) in [6.45, 7) is 0. The number of nitrogens with zero attached hydrogens (tertiary/aromatic N) is 4. The fraction of sp³-hybridized carbons (Fsp3) is 0. The van der Waals surface area contributed by atoms with Gasteiger partial charge in [0.2, 0.25) is 0 Å². The molecule has 0 aliphatic heterocycles. The zero-order valence-electron chi connectivity index (χ0n) is 57.4. The SMILES string of the molecule is c1ccc(-c2ccc3c(c2)c2cc(-c4ccc5c(c4)c4cc(-c6ccccc6)ccc4n5-c4ccc5c(c4)oc4ccccc45)ccc2n3-c2ccccc2)cc1.c1ccc2cc(-n3c4ccccc4c4cc(-c5ccc6c(c5)c5ccccc5n6-c5ccc6oc7ccccc7c6c5)ccc43)ccc2c1. The zero-order chi connectivity index (χ0) is 69.5. The number of fused-ring (bicyclic) bond motifs is 19. The number of para-hydroxylation sites is 5. The Labute approximate surface area is 608 Å². The fourth-order valence-corrected chi connectivity index (χ4v) is 17.0. The highest BCUT2D eigenvalue weighted by atomic mass is 16.3. The monoisotopic (exact) mass is 1350 g/mol. The maximum absolute atomic E-state index is 6.38. The molecule has 6 nitrogen and oxygen atoms in total. The molecule has 23 aromatic rings. The predicted octanol–water partition coefficient (Wildman–Crippen LogP) is 27.4. The van der Waals surface area contributed by atoms with Crippen LogP contribution in [0.1, 0.15) is 0 Å². The summed E-state index contributed by atoms with van der Waals surface area (Å²) in [7, 11) is 0. The third-order valence-corrected chi connectivity index (χ3v) is 22.0. The molecule has 6 aromatic heterocycles. The van der Waals surface area contributed by atoms with Gasteiger partial charge in [0, 0.05) is 93.5 Å². The van der Waals surface area contributed by atoms with Gasteiger partial charge in [-0.1, -0.05) is 218 Å². The van der Waals surface area contributed by atoms with Crippen molar-refractivity contribution in [3.05, 3.63) is 376 Å². The van der Waals surface area contributed by atoms with Gasteiger partial charge < -0.3 is 27.1 Å². The van der Waals surface area contributed by atoms with Crippen molar-refractivity contribution in [3.63, 3.8) is 0 Å². The average molecular weight is 1350 g/mol. The van der Waals surface area contributed by atoms with Crippen LogP contribution in [0.2, 0.25) is 0 Å². The highest BCUT2D eigenvalue weighted by Crippen LogP contribution is 2.44. The van der Waals surface area contributed by atoms with Crippen molar-refractivity contribution in [2.45, 2.75) is 0 Å². The van der Waals surface area contributed by atoms with Crippen molar-refractivity contribution in [1.82, 2.24) is 18.3 Å². The number of hydrogen-bond acceptors (Lipinski definition) is 2. The van der Waals surface area contributed by atoms with Crippen LogP contribution >= 0.6 is 0 Å². The molecule has 494 valence electrons. The van der Waals surface area contributed by atoms with Crippen molar-refractivity contribution >= 4 is 142 Å². The van der Waals surface area contributed by atoms with Crippen molar-refractivity contribution in [2.24, 2.45) is 0 Å². The van der Waals surface area contributed by atoms with E-state index in [0.717, 1.165) is 72.0 Å². The first-order valence-corrected chi connectivity index (χ1v) is 36.3. The lowest BCUT2D eigenvalue weighted by molar-refractivity contribution is 0.668. The van der Waals surface area contributed by atoms with Gasteiger partial charge in [-0.3, -0.25) is 0 Å². The highest BCUT2D eigenvalue weighted by Gasteiger charge is 2.22. The van der Waals surface area contributed by atoms with E-state index in [9.17, 15) is 0 Å². The first-order chi connectivity index (χ1) is 52.5. The van der Waals surface area contributed by atoms with Crippen LogP contribution in [0.5, 0.6) is 0 Å². The Kier molecular flexibility index (Phi) is 13.3. The molecular weight excluding hydrogens is 1290 g/mol. The molecular formula is C100H62N4O2. The topological polar surface area (TPSA) is 46.0 Å². The second-order valence-electron chi connectivity index (χ2n) is 27.9. The Morgan fingerprint density at radius 1 is 0.142 bits per heavy atom. The van der Waals surface area contributed by atoms with Crippen LogP contribution in [0.4, 0.5) is 0 Å². The Morgan fingerprint density at radius 3 is 0.943 bits per heavy atom. The standard InChI is InChI=1S/C54H34N2O.C46H28N2O/c1-4-12-35(13-5-1)37-20-26-49-45(30-37)47-32-39(22-28-50(47)55(49)41-16-8-3-9-17-41)40-23-29-52-48(33-40)46-31-38(36-14-6-2-7-15-36)21-27-51(46)56(52)42-24-25-44-43-18-10-11-19-53(43)57-54(44)34-42;1-2-10-30-25-33(20-17-29(30)9-1)47-41-14-6-3-11-35(41)38-26-31(18-22-43(38)47)32-19-23-44-39(27-32)36-12-4-7-15-42(36)48(44)34-21-24-46-40(28-34)37-13-5-8-16-45(37)49-46/h1-34H;1-28H. The lowest BCUT2D eigenvalue weighted by Gasteiger charge is -2.10. The summed E-state index contributed by atoms with van der Waals surface area (Å²) in [5.74, 6) is 0. The highest BCUT2D eigenvalue weighted by molar-refractivity contribution is 6.17. The molecule has 17 aromatic carbocycles. The summed E-state index contributed by atoms with van der Waals surface area (Å²) >= 11 is 0. The molecule has 6 heteroatoms. The van der Waals surface area contributed by atoms with Gasteiger partial charge in [0.1, 0.15) is 22.3 Å². The predicted molar refractivity (Wildman–Crippen MR) is 444 cm³/mol. The molecule has 0 saturated carbocycles. The third-order valence-electron chi connectivity index (χ3n) is 22.0. The molecule has 0 N–H and O–H groups in total. The van der Waals surface area contributed by atoms with Crippen LogP contribution in [-0.4, -0.2) is 18.3 Å². The van der Waals surface area contributed by atoms with E-state index < -0.39 is 0 Å². The largest absolute Gasteiger partial charge is 0.456 e. The Morgan fingerprint density at radius 2 is 0.453 bits per heavy atom. The van der Waals surface area contributed by atoms with Crippen LogP contribution in [0.25, 0.3) is 209 Å². The van der Waals surface area contributed by atoms with E-state index in [0.29, 0.717) is 0 Å². The molecule has 0 radical (unpaired) electrons. The summed E-state index contributed by atoms with van der Waals surface area (Å²) < 4.78 is 22.1. The molecule has 0 unspecified atom stereocenters. The van der Waals surface area contributed by atoms with Gasteiger partial charge in [0.15, 0.2) is 0 Å². The maximum atomic E-state index is 6.38. The van der Waals surface area contributed by atoms with Crippen LogP contribution in [-0.2, 0) is 0 Å². The van der Waals surface area contributed by atoms with Crippen molar-refractivity contribution in [2.75, 3.05) is 0 Å². The van der Waals surface area contributed by atoms with Crippen molar-refractivity contribution in [1.29, 1.82) is 0 Å². The van der Waals surface area contributed by atoms with E-state index in [1.807, 2.05) is 24.3 Å². The molecule has 106 heavy (non-hydrogen) atoms. The van der Waals surface area contributed by atoms with Crippen LogP contribution in [0, 0.1) is 0 Å². The quantitative estimate of drug-likeness (QED) is 0.152. The molecule has 0 aliphatic carbocycles. The zero-order valence-corrected chi connectivity index (χ0v) is 57.4. The number of hydrogen-bond donors (Lipinski definition) is 0. The normalized spacial score (nSPS) is 12.0. The molecule has 0 saturated heterocycles. The second kappa shape index (κ2) is 23.7. The first kappa shape index (κ1) is 59.5. The van der Waals surface area contributed by atoms with Gasteiger partial charge in [-0.25, -0.2) is 0 Å². The van der Waals surface area contributed by atoms with Gasteiger partial charge in [0.05, 0.1) is 44.1 Å². The molecule has 0 atom stereocenters. The van der Waals surface area contributed by atoms with E-state index in [1.165, 1.54) is 137 Å². The van der Waals surface area contributed by atoms with Crippen LogP contribution in [0.15, 0.2) is 385 Å². The average Bonchev–Trinajstić information content (AvgIpc) is 1.59. The molecule has 0 fully saturated rings. The van der Waals surface area contributed by atoms with Gasteiger partial charge in [-0.15, -0.1) is 0 Å². The number of benzene rings is 17. The number of aromatic nitrogens is 4. The lowest BCUT2D eigenvalue weighted by atomic mass is 9.98. The molecule has 23 rings (SSSR count). The van der Waals surface area contributed by atoms with Crippen LogP contribution < -0.4 is 0 Å². The molecule has 0 aliphatic rings. The minimum atomic E-state index is 0.889. The molecule has 0 amide bonds. The van der Waals surface area contributed by atoms with E-state index >= 15 is 0 Å².